The fourth-order valence-electron chi connectivity index (χ4n) is 1.55. The highest BCUT2D eigenvalue weighted by Crippen LogP contribution is 2.20. The van der Waals surface area contributed by atoms with Crippen molar-refractivity contribution in [2.24, 2.45) is 0 Å². The Morgan fingerprint density at radius 3 is 2.67 bits per heavy atom. The Bertz CT molecular complexity index is 582. The lowest BCUT2D eigenvalue weighted by atomic mass is 10.0. The van der Waals surface area contributed by atoms with E-state index in [2.05, 4.69) is 4.98 Å². The number of nitrogens with two attached hydrogens (primary N) is 1. The van der Waals surface area contributed by atoms with Crippen LogP contribution in [0.25, 0.3) is 0 Å². The van der Waals surface area contributed by atoms with Gasteiger partial charge in [0.1, 0.15) is 5.15 Å². The maximum absolute atomic E-state index is 12.1. The molecule has 2 rings (SSSR count). The second kappa shape index (κ2) is 5.38. The number of nitrogen functional groups attached to an aromatic ring is 1. The predicted molar refractivity (Wildman–Crippen MR) is 73.1 cm³/mol. The molecule has 5 heteroatoms. The van der Waals surface area contributed by atoms with E-state index in [-0.39, 0.29) is 12.2 Å². The number of Topliss-reactive ketones (excluding diaryl/α,β-unsaturated/α-hetero) is 1. The van der Waals surface area contributed by atoms with Crippen molar-refractivity contribution in [2.75, 3.05) is 5.73 Å². The molecule has 1 aromatic carbocycles. The van der Waals surface area contributed by atoms with E-state index < -0.39 is 0 Å². The molecule has 0 spiro atoms. The molecule has 2 N–H and O–H groups in total. The maximum Gasteiger partial charge on any atom is 0.168 e. The van der Waals surface area contributed by atoms with Crippen LogP contribution in [0.3, 0.4) is 0 Å². The monoisotopic (exact) mass is 280 g/mol. The number of carbonyl (C=O) groups excluding carboxylic acids is 1. The molecular formula is C13H10Cl2N2O. The second-order valence-corrected chi connectivity index (χ2v) is 4.62. The van der Waals surface area contributed by atoms with Gasteiger partial charge in [0.15, 0.2) is 5.78 Å². The molecule has 0 saturated heterocycles. The lowest BCUT2D eigenvalue weighted by Gasteiger charge is -2.05. The first kappa shape index (κ1) is 12.9. The van der Waals surface area contributed by atoms with Crippen LogP contribution in [0.5, 0.6) is 0 Å². The van der Waals surface area contributed by atoms with Crippen LogP contribution in [0.2, 0.25) is 10.2 Å². The van der Waals surface area contributed by atoms with Crippen LogP contribution in [-0.2, 0) is 6.42 Å². The topological polar surface area (TPSA) is 56.0 Å². The summed E-state index contributed by atoms with van der Waals surface area (Å²) in [5.41, 5.74) is 7.35. The van der Waals surface area contributed by atoms with Crippen molar-refractivity contribution in [3.8, 4) is 0 Å². The molecule has 0 bridgehead atoms. The summed E-state index contributed by atoms with van der Waals surface area (Å²) in [6.07, 6.45) is 1.79. The number of carbonyl (C=O) groups is 1. The molecule has 2 aromatic rings. The lowest BCUT2D eigenvalue weighted by molar-refractivity contribution is 0.0993. The SMILES string of the molecule is Nc1ccc(Cl)c(C(=O)Cc2ccc(Cl)nc2)c1. The van der Waals surface area contributed by atoms with Gasteiger partial charge in [0.05, 0.1) is 5.02 Å². The fourth-order valence-corrected chi connectivity index (χ4v) is 1.88. The van der Waals surface area contributed by atoms with E-state index in [1.807, 2.05) is 0 Å². The highest BCUT2D eigenvalue weighted by molar-refractivity contribution is 6.34. The van der Waals surface area contributed by atoms with Crippen LogP contribution >= 0.6 is 23.2 Å². The average Bonchev–Trinajstić information content (AvgIpc) is 2.35. The number of rotatable bonds is 3. The summed E-state index contributed by atoms with van der Waals surface area (Å²) >= 11 is 11.6. The second-order valence-electron chi connectivity index (χ2n) is 3.83. The summed E-state index contributed by atoms with van der Waals surface area (Å²) < 4.78 is 0. The van der Waals surface area contributed by atoms with Gasteiger partial charge in [-0.2, -0.15) is 0 Å². The maximum atomic E-state index is 12.1. The van der Waals surface area contributed by atoms with Gasteiger partial charge in [0.2, 0.25) is 0 Å². The third-order valence-corrected chi connectivity index (χ3v) is 3.00. The van der Waals surface area contributed by atoms with E-state index in [9.17, 15) is 4.79 Å². The molecule has 0 fully saturated rings. The number of halogens is 2. The number of pyridine rings is 1. The third kappa shape index (κ3) is 3.00. The highest BCUT2D eigenvalue weighted by atomic mass is 35.5. The van der Waals surface area contributed by atoms with Crippen LogP contribution < -0.4 is 5.73 Å². The molecule has 0 aliphatic heterocycles. The highest BCUT2D eigenvalue weighted by Gasteiger charge is 2.11. The smallest absolute Gasteiger partial charge is 0.168 e. The summed E-state index contributed by atoms with van der Waals surface area (Å²) in [5, 5.41) is 0.796. The zero-order valence-electron chi connectivity index (χ0n) is 9.36. The molecule has 92 valence electrons. The quantitative estimate of drug-likeness (QED) is 0.533. The predicted octanol–water partition coefficient (Wildman–Crippen LogP) is 3.40. The molecule has 18 heavy (non-hydrogen) atoms. The van der Waals surface area contributed by atoms with Crippen molar-refractivity contribution < 1.29 is 4.79 Å². The van der Waals surface area contributed by atoms with Crippen molar-refractivity contribution in [3.63, 3.8) is 0 Å². The van der Waals surface area contributed by atoms with Crippen molar-refractivity contribution >= 4 is 34.7 Å². The van der Waals surface area contributed by atoms with E-state index in [0.717, 1.165) is 5.56 Å². The molecule has 0 saturated carbocycles. The summed E-state index contributed by atoms with van der Waals surface area (Å²) in [7, 11) is 0. The molecule has 1 heterocycles. The number of nitrogens with zero attached hydrogens (tertiary/aromatic N) is 1. The molecule has 0 radical (unpaired) electrons. The van der Waals surface area contributed by atoms with Crippen molar-refractivity contribution in [2.45, 2.75) is 6.42 Å². The molecule has 0 unspecified atom stereocenters. The molecule has 0 amide bonds. The summed E-state index contributed by atoms with van der Waals surface area (Å²) in [4.78, 5) is 16.0. The minimum Gasteiger partial charge on any atom is -0.399 e. The van der Waals surface area contributed by atoms with Gasteiger partial charge in [-0.15, -0.1) is 0 Å². The zero-order valence-corrected chi connectivity index (χ0v) is 10.9. The van der Waals surface area contributed by atoms with Crippen LogP contribution in [0.15, 0.2) is 36.5 Å². The largest absolute Gasteiger partial charge is 0.399 e. The Morgan fingerprint density at radius 1 is 1.22 bits per heavy atom. The normalized spacial score (nSPS) is 10.3. The molecule has 3 nitrogen and oxygen atoms in total. The first-order valence-electron chi connectivity index (χ1n) is 5.25. The Morgan fingerprint density at radius 2 is 2.00 bits per heavy atom. The van der Waals surface area contributed by atoms with Gasteiger partial charge in [0.25, 0.3) is 0 Å². The average molecular weight is 281 g/mol. The molecule has 1 aromatic heterocycles. The number of benzene rings is 1. The van der Waals surface area contributed by atoms with Gasteiger partial charge in [-0.3, -0.25) is 4.79 Å². The minimum atomic E-state index is -0.101. The standard InChI is InChI=1S/C13H10Cl2N2O/c14-11-3-2-9(16)6-10(11)12(18)5-8-1-4-13(15)17-7-8/h1-4,6-7H,5,16H2. The van der Waals surface area contributed by atoms with Crippen LogP contribution in [0, 0.1) is 0 Å². The minimum absolute atomic E-state index is 0.101. The van der Waals surface area contributed by atoms with Gasteiger partial charge >= 0.3 is 0 Å². The number of aromatic nitrogens is 1. The van der Waals surface area contributed by atoms with E-state index in [0.29, 0.717) is 21.4 Å². The van der Waals surface area contributed by atoms with Crippen LogP contribution in [0.4, 0.5) is 5.69 Å². The summed E-state index contributed by atoms with van der Waals surface area (Å²) in [6.45, 7) is 0. The van der Waals surface area contributed by atoms with Crippen molar-refractivity contribution in [1.82, 2.24) is 4.98 Å². The molecule has 0 aliphatic rings. The molecule has 0 aliphatic carbocycles. The van der Waals surface area contributed by atoms with E-state index >= 15 is 0 Å². The van der Waals surface area contributed by atoms with Gasteiger partial charge in [-0.1, -0.05) is 29.3 Å². The van der Waals surface area contributed by atoms with Crippen LogP contribution in [-0.4, -0.2) is 10.8 Å². The Labute approximate surface area is 115 Å². The van der Waals surface area contributed by atoms with Gasteiger partial charge < -0.3 is 5.73 Å². The van der Waals surface area contributed by atoms with Gasteiger partial charge in [-0.05, 0) is 29.8 Å². The molecule has 0 atom stereocenters. The van der Waals surface area contributed by atoms with Crippen molar-refractivity contribution in [1.29, 1.82) is 0 Å². The van der Waals surface area contributed by atoms with E-state index in [4.69, 9.17) is 28.9 Å². The third-order valence-electron chi connectivity index (χ3n) is 2.44. The Kier molecular flexibility index (Phi) is 3.84. The lowest BCUT2D eigenvalue weighted by Crippen LogP contribution is -2.05. The Hall–Kier alpha value is -1.58. The van der Waals surface area contributed by atoms with E-state index in [1.54, 1.807) is 36.5 Å². The van der Waals surface area contributed by atoms with Crippen molar-refractivity contribution in [3.05, 3.63) is 57.8 Å². The number of anilines is 1. The van der Waals surface area contributed by atoms with Gasteiger partial charge in [0, 0.05) is 23.9 Å². The number of ketones is 1. The zero-order chi connectivity index (χ0) is 13.1. The summed E-state index contributed by atoms with van der Waals surface area (Å²) in [5.74, 6) is -0.101. The van der Waals surface area contributed by atoms with Gasteiger partial charge in [-0.25, -0.2) is 4.98 Å². The Balaban J connectivity index is 2.21. The van der Waals surface area contributed by atoms with Crippen LogP contribution in [0.1, 0.15) is 15.9 Å². The fraction of sp³-hybridized carbons (Fsp3) is 0.0769. The number of hydrogen-bond acceptors (Lipinski definition) is 3. The molecular weight excluding hydrogens is 271 g/mol. The summed E-state index contributed by atoms with van der Waals surface area (Å²) in [6, 6.07) is 8.25. The van der Waals surface area contributed by atoms with E-state index in [1.165, 1.54) is 0 Å². The first-order chi connectivity index (χ1) is 8.56. The first-order valence-corrected chi connectivity index (χ1v) is 6.00. The number of hydrogen-bond donors (Lipinski definition) is 1.